The quantitative estimate of drug-likeness (QED) is 0.936. The zero-order valence-electron chi connectivity index (χ0n) is 13.9. The van der Waals surface area contributed by atoms with E-state index in [4.69, 9.17) is 0 Å². The first-order chi connectivity index (χ1) is 11.1. The highest BCUT2D eigenvalue weighted by Crippen LogP contribution is 2.23. The number of hydrogen-bond donors (Lipinski definition) is 1. The Balaban J connectivity index is 1.77. The Morgan fingerprint density at radius 2 is 1.91 bits per heavy atom. The molecule has 3 rings (SSSR count). The van der Waals surface area contributed by atoms with E-state index < -0.39 is 0 Å². The first-order valence-corrected chi connectivity index (χ1v) is 8.37. The van der Waals surface area contributed by atoms with Crippen molar-refractivity contribution in [2.24, 2.45) is 0 Å². The summed E-state index contributed by atoms with van der Waals surface area (Å²) in [7, 11) is 0. The number of carbonyl (C=O) groups is 1. The zero-order chi connectivity index (χ0) is 16.4. The normalized spacial score (nSPS) is 17.6. The van der Waals surface area contributed by atoms with Crippen molar-refractivity contribution < 1.29 is 9.90 Å². The number of aromatic nitrogens is 1. The second-order valence-corrected chi connectivity index (χ2v) is 6.29. The number of aliphatic hydroxyl groups excluding tert-OH is 1. The number of rotatable bonds is 4. The smallest absolute Gasteiger partial charge is 0.256 e. The molecule has 0 saturated carbocycles. The highest BCUT2D eigenvalue weighted by atomic mass is 16.3. The molecule has 124 valence electrons. The Morgan fingerprint density at radius 1 is 1.22 bits per heavy atom. The monoisotopic (exact) mass is 315 g/mol. The number of benzene rings is 1. The lowest BCUT2D eigenvalue weighted by molar-refractivity contribution is 0.0555. The second kappa shape index (κ2) is 6.72. The van der Waals surface area contributed by atoms with Crippen molar-refractivity contribution in [3.05, 3.63) is 36.0 Å². The van der Waals surface area contributed by atoms with Gasteiger partial charge in [0, 0.05) is 56.4 Å². The summed E-state index contributed by atoms with van der Waals surface area (Å²) in [5, 5.41) is 10.5. The number of β-amino-alcohol motifs (C(OH)–C–C–N with tert-alkyl or cyclic N) is 1. The molecule has 0 aliphatic carbocycles. The van der Waals surface area contributed by atoms with E-state index in [-0.39, 0.29) is 12.0 Å². The molecule has 0 radical (unpaired) electrons. The van der Waals surface area contributed by atoms with E-state index >= 15 is 0 Å². The van der Waals surface area contributed by atoms with E-state index in [0.29, 0.717) is 6.54 Å². The molecule has 2 heterocycles. The van der Waals surface area contributed by atoms with Crippen molar-refractivity contribution in [3.8, 4) is 0 Å². The van der Waals surface area contributed by atoms with Crippen molar-refractivity contribution in [3.63, 3.8) is 0 Å². The van der Waals surface area contributed by atoms with Gasteiger partial charge in [-0.25, -0.2) is 0 Å². The first kappa shape index (κ1) is 16.0. The van der Waals surface area contributed by atoms with Crippen LogP contribution in [0.2, 0.25) is 0 Å². The number of hydrogen-bond acceptors (Lipinski definition) is 3. The molecule has 1 aromatic heterocycles. The van der Waals surface area contributed by atoms with Crippen LogP contribution in [-0.2, 0) is 6.54 Å². The van der Waals surface area contributed by atoms with Crippen molar-refractivity contribution >= 4 is 16.8 Å². The molecule has 1 saturated heterocycles. The maximum Gasteiger partial charge on any atom is 0.256 e. The summed E-state index contributed by atoms with van der Waals surface area (Å²) in [6.07, 6.45) is 1.66. The fourth-order valence-corrected chi connectivity index (χ4v) is 3.36. The summed E-state index contributed by atoms with van der Waals surface area (Å²) in [5.74, 6) is 0.116. The van der Waals surface area contributed by atoms with Crippen LogP contribution in [0.15, 0.2) is 30.5 Å². The summed E-state index contributed by atoms with van der Waals surface area (Å²) in [4.78, 5) is 17.1. The minimum Gasteiger partial charge on any atom is -0.392 e. The van der Waals surface area contributed by atoms with E-state index in [2.05, 4.69) is 22.5 Å². The Bertz CT molecular complexity index is 685. The minimum atomic E-state index is -0.320. The Morgan fingerprint density at radius 3 is 2.57 bits per heavy atom. The molecule has 1 amide bonds. The maximum absolute atomic E-state index is 12.9. The Hall–Kier alpha value is -1.85. The number of amides is 1. The van der Waals surface area contributed by atoms with Gasteiger partial charge in [0.25, 0.3) is 5.91 Å². The molecule has 1 atom stereocenters. The molecule has 1 aliphatic rings. The third-order valence-corrected chi connectivity index (χ3v) is 4.54. The summed E-state index contributed by atoms with van der Waals surface area (Å²) >= 11 is 0. The van der Waals surface area contributed by atoms with Crippen LogP contribution in [0.3, 0.4) is 0 Å². The van der Waals surface area contributed by atoms with E-state index in [1.807, 2.05) is 29.3 Å². The highest BCUT2D eigenvalue weighted by molar-refractivity contribution is 6.07. The van der Waals surface area contributed by atoms with Gasteiger partial charge in [-0.3, -0.25) is 9.69 Å². The van der Waals surface area contributed by atoms with Gasteiger partial charge in [-0.2, -0.15) is 0 Å². The predicted molar refractivity (Wildman–Crippen MR) is 91.6 cm³/mol. The van der Waals surface area contributed by atoms with Gasteiger partial charge >= 0.3 is 0 Å². The number of aryl methyl sites for hydroxylation is 1. The first-order valence-electron chi connectivity index (χ1n) is 8.37. The topological polar surface area (TPSA) is 48.7 Å². The lowest BCUT2D eigenvalue weighted by atomic mass is 10.1. The molecular formula is C18H25N3O2. The summed E-state index contributed by atoms with van der Waals surface area (Å²) in [6.45, 7) is 8.51. The maximum atomic E-state index is 12.9. The van der Waals surface area contributed by atoms with Gasteiger partial charge in [0.1, 0.15) is 0 Å². The molecule has 1 unspecified atom stereocenters. The molecule has 5 nitrogen and oxygen atoms in total. The molecule has 1 N–H and O–H groups in total. The molecule has 23 heavy (non-hydrogen) atoms. The van der Waals surface area contributed by atoms with Crippen LogP contribution < -0.4 is 0 Å². The average molecular weight is 315 g/mol. The second-order valence-electron chi connectivity index (χ2n) is 6.29. The summed E-state index contributed by atoms with van der Waals surface area (Å²) in [5.41, 5.74) is 1.91. The molecule has 1 aliphatic heterocycles. The van der Waals surface area contributed by atoms with Gasteiger partial charge in [0.15, 0.2) is 0 Å². The van der Waals surface area contributed by atoms with Gasteiger partial charge in [-0.05, 0) is 19.9 Å². The molecule has 2 aromatic rings. The van der Waals surface area contributed by atoms with Crippen LogP contribution in [0.4, 0.5) is 0 Å². The number of aliphatic hydroxyl groups is 1. The van der Waals surface area contributed by atoms with Crippen LogP contribution in [0.25, 0.3) is 10.9 Å². The van der Waals surface area contributed by atoms with Gasteiger partial charge in [0.05, 0.1) is 11.7 Å². The van der Waals surface area contributed by atoms with Gasteiger partial charge in [-0.15, -0.1) is 0 Å². The highest BCUT2D eigenvalue weighted by Gasteiger charge is 2.25. The van der Waals surface area contributed by atoms with E-state index in [1.54, 1.807) is 6.92 Å². The van der Waals surface area contributed by atoms with Crippen molar-refractivity contribution in [2.75, 3.05) is 32.7 Å². The van der Waals surface area contributed by atoms with E-state index in [0.717, 1.165) is 49.2 Å². The fourth-order valence-electron chi connectivity index (χ4n) is 3.36. The fraction of sp³-hybridized carbons (Fsp3) is 0.500. The predicted octanol–water partition coefficient (Wildman–Crippen LogP) is 1.80. The Labute approximate surface area is 137 Å². The van der Waals surface area contributed by atoms with Crippen LogP contribution in [0.5, 0.6) is 0 Å². The Kier molecular flexibility index (Phi) is 4.68. The lowest BCUT2D eigenvalue weighted by Gasteiger charge is -2.35. The molecule has 0 spiro atoms. The molecule has 1 aromatic carbocycles. The van der Waals surface area contributed by atoms with Crippen LogP contribution in [-0.4, -0.2) is 64.2 Å². The standard InChI is InChI=1S/C18H25N3O2/c1-3-20-13-16(15-6-4-5-7-17(15)20)18(23)21-10-8-19(9-11-21)12-14(2)22/h4-7,13-14,22H,3,8-12H2,1-2H3. The van der Waals surface area contributed by atoms with Gasteiger partial charge < -0.3 is 14.6 Å². The van der Waals surface area contributed by atoms with Crippen molar-refractivity contribution in [1.82, 2.24) is 14.4 Å². The van der Waals surface area contributed by atoms with E-state index in [9.17, 15) is 9.90 Å². The minimum absolute atomic E-state index is 0.116. The van der Waals surface area contributed by atoms with Gasteiger partial charge in [0.2, 0.25) is 0 Å². The third-order valence-electron chi connectivity index (χ3n) is 4.54. The van der Waals surface area contributed by atoms with Gasteiger partial charge in [-0.1, -0.05) is 18.2 Å². The summed E-state index contributed by atoms with van der Waals surface area (Å²) in [6, 6.07) is 8.09. The molecular weight excluding hydrogens is 290 g/mol. The van der Waals surface area contributed by atoms with Crippen LogP contribution in [0, 0.1) is 0 Å². The van der Waals surface area contributed by atoms with Crippen molar-refractivity contribution in [2.45, 2.75) is 26.5 Å². The zero-order valence-corrected chi connectivity index (χ0v) is 13.9. The third kappa shape index (κ3) is 3.26. The van der Waals surface area contributed by atoms with Crippen LogP contribution in [0.1, 0.15) is 24.2 Å². The lowest BCUT2D eigenvalue weighted by Crippen LogP contribution is -2.50. The van der Waals surface area contributed by atoms with Crippen LogP contribution >= 0.6 is 0 Å². The molecule has 0 bridgehead atoms. The van der Waals surface area contributed by atoms with Crippen molar-refractivity contribution in [1.29, 1.82) is 0 Å². The number of carbonyl (C=O) groups excluding carboxylic acids is 1. The molecule has 1 fully saturated rings. The largest absolute Gasteiger partial charge is 0.392 e. The SMILES string of the molecule is CCn1cc(C(=O)N2CCN(CC(C)O)CC2)c2ccccc21. The molecule has 5 heteroatoms. The number of fused-ring (bicyclic) bond motifs is 1. The number of nitrogens with zero attached hydrogens (tertiary/aromatic N) is 3. The number of piperazine rings is 1. The average Bonchev–Trinajstić information content (AvgIpc) is 2.93. The van der Waals surface area contributed by atoms with E-state index in [1.165, 1.54) is 0 Å². The number of para-hydroxylation sites is 1. The summed E-state index contributed by atoms with van der Waals surface area (Å²) < 4.78 is 2.13.